The summed E-state index contributed by atoms with van der Waals surface area (Å²) < 4.78 is 0. The first-order chi connectivity index (χ1) is 5.18. The minimum atomic E-state index is 0. The smallest absolute Gasteiger partial charge is 0.186 e. The molecule has 1 saturated carbocycles. The summed E-state index contributed by atoms with van der Waals surface area (Å²) >= 11 is 0. The molecule has 1 aliphatic rings. The van der Waals surface area contributed by atoms with E-state index in [9.17, 15) is 0 Å². The number of nitrogens with two attached hydrogens (primary N) is 2. The predicted molar refractivity (Wildman–Crippen MR) is 54.5 cm³/mol. The zero-order valence-electron chi connectivity index (χ0n) is 7.49. The van der Waals surface area contributed by atoms with Crippen LogP contribution in [-0.4, -0.2) is 12.0 Å². The van der Waals surface area contributed by atoms with Crippen LogP contribution < -0.4 is 11.5 Å². The summed E-state index contributed by atoms with van der Waals surface area (Å²) in [4.78, 5) is 4.14. The second-order valence-corrected chi connectivity index (χ2v) is 3.47. The molecule has 12 heavy (non-hydrogen) atoms. The maximum atomic E-state index is 5.29. The summed E-state index contributed by atoms with van der Waals surface area (Å²) in [6.45, 7) is 2.28. The van der Waals surface area contributed by atoms with Crippen molar-refractivity contribution in [3.63, 3.8) is 0 Å². The summed E-state index contributed by atoms with van der Waals surface area (Å²) in [5, 5.41) is 0. The van der Waals surface area contributed by atoms with Crippen LogP contribution in [0, 0.1) is 5.92 Å². The molecule has 0 aromatic rings. The minimum Gasteiger partial charge on any atom is -0.370 e. The van der Waals surface area contributed by atoms with Gasteiger partial charge in [0.2, 0.25) is 0 Å². The van der Waals surface area contributed by atoms with E-state index >= 15 is 0 Å². The number of guanidine groups is 1. The highest BCUT2D eigenvalue weighted by Gasteiger charge is 2.16. The summed E-state index contributed by atoms with van der Waals surface area (Å²) in [7, 11) is 0. The maximum Gasteiger partial charge on any atom is 0.186 e. The van der Waals surface area contributed by atoms with E-state index in [1.807, 2.05) is 0 Å². The predicted octanol–water partition coefficient (Wildman–Crippen LogP) is 1.26. The molecule has 0 bridgehead atoms. The lowest BCUT2D eigenvalue weighted by Crippen LogP contribution is -2.27. The van der Waals surface area contributed by atoms with Crippen molar-refractivity contribution in [2.24, 2.45) is 22.4 Å². The van der Waals surface area contributed by atoms with Crippen LogP contribution in [0.1, 0.15) is 32.6 Å². The first-order valence-corrected chi connectivity index (χ1v) is 4.27. The van der Waals surface area contributed by atoms with Crippen LogP contribution in [0.25, 0.3) is 0 Å². The first kappa shape index (κ1) is 11.6. The van der Waals surface area contributed by atoms with Crippen molar-refractivity contribution in [2.75, 3.05) is 0 Å². The van der Waals surface area contributed by atoms with Crippen LogP contribution in [0.4, 0.5) is 0 Å². The van der Waals surface area contributed by atoms with Crippen LogP contribution in [-0.2, 0) is 0 Å². The molecule has 0 heterocycles. The minimum absolute atomic E-state index is 0. The Bertz CT molecular complexity index is 146. The van der Waals surface area contributed by atoms with Crippen molar-refractivity contribution in [2.45, 2.75) is 38.6 Å². The molecule has 0 radical (unpaired) electrons. The molecule has 0 aromatic heterocycles. The Hall–Kier alpha value is -0.440. The molecule has 4 N–H and O–H groups in total. The second kappa shape index (κ2) is 5.25. The van der Waals surface area contributed by atoms with E-state index in [2.05, 4.69) is 11.9 Å². The van der Waals surface area contributed by atoms with Crippen molar-refractivity contribution in [1.29, 1.82) is 0 Å². The fourth-order valence-corrected chi connectivity index (χ4v) is 1.58. The van der Waals surface area contributed by atoms with Crippen molar-refractivity contribution < 1.29 is 0 Å². The molecule has 0 aromatic carbocycles. The largest absolute Gasteiger partial charge is 0.370 e. The highest BCUT2D eigenvalue weighted by molar-refractivity contribution is 5.85. The average molecular weight is 192 g/mol. The maximum absolute atomic E-state index is 5.29. The number of halogens is 1. The molecule has 0 aliphatic heterocycles. The van der Waals surface area contributed by atoms with Crippen LogP contribution >= 0.6 is 12.4 Å². The van der Waals surface area contributed by atoms with Gasteiger partial charge in [0.05, 0.1) is 6.04 Å². The highest BCUT2D eigenvalue weighted by Crippen LogP contribution is 2.25. The number of rotatable bonds is 1. The molecule has 0 unspecified atom stereocenters. The second-order valence-electron chi connectivity index (χ2n) is 3.47. The van der Waals surface area contributed by atoms with Gasteiger partial charge >= 0.3 is 0 Å². The molecule has 0 atom stereocenters. The van der Waals surface area contributed by atoms with Gasteiger partial charge in [-0.25, -0.2) is 0 Å². The summed E-state index contributed by atoms with van der Waals surface area (Å²) in [6, 6.07) is 0.399. The Morgan fingerprint density at radius 2 is 1.67 bits per heavy atom. The number of hydrogen-bond donors (Lipinski definition) is 2. The van der Waals surface area contributed by atoms with Crippen molar-refractivity contribution in [1.82, 2.24) is 0 Å². The molecular weight excluding hydrogens is 174 g/mol. The Morgan fingerprint density at radius 1 is 1.17 bits per heavy atom. The highest BCUT2D eigenvalue weighted by atomic mass is 35.5. The Balaban J connectivity index is 0.00000121. The van der Waals surface area contributed by atoms with Gasteiger partial charge in [-0.05, 0) is 31.6 Å². The molecule has 0 saturated heterocycles. The zero-order valence-corrected chi connectivity index (χ0v) is 8.31. The Morgan fingerprint density at radius 3 is 2.08 bits per heavy atom. The molecule has 0 amide bonds. The van der Waals surface area contributed by atoms with Crippen LogP contribution in [0.15, 0.2) is 4.99 Å². The lowest BCUT2D eigenvalue weighted by molar-refractivity contribution is 0.349. The third-order valence-corrected chi connectivity index (χ3v) is 2.32. The lowest BCUT2D eigenvalue weighted by atomic mass is 9.88. The third-order valence-electron chi connectivity index (χ3n) is 2.32. The van der Waals surface area contributed by atoms with E-state index in [0.29, 0.717) is 6.04 Å². The van der Waals surface area contributed by atoms with E-state index in [1.54, 1.807) is 0 Å². The van der Waals surface area contributed by atoms with E-state index < -0.39 is 0 Å². The Kier molecular flexibility index (Phi) is 5.06. The standard InChI is InChI=1S/C8H17N3.ClH/c1-6-2-4-7(5-3-6)11-8(9)10;/h6-7H,2-5H2,1H3,(H4,9,10,11);1H. The van der Waals surface area contributed by atoms with Crippen LogP contribution in [0.3, 0.4) is 0 Å². The summed E-state index contributed by atoms with van der Waals surface area (Å²) in [6.07, 6.45) is 4.83. The molecule has 3 nitrogen and oxygen atoms in total. The van der Waals surface area contributed by atoms with E-state index in [0.717, 1.165) is 18.8 Å². The van der Waals surface area contributed by atoms with Crippen molar-refractivity contribution >= 4 is 18.4 Å². The fourth-order valence-electron chi connectivity index (χ4n) is 1.58. The van der Waals surface area contributed by atoms with Crippen molar-refractivity contribution in [3.05, 3.63) is 0 Å². The summed E-state index contributed by atoms with van der Waals surface area (Å²) in [5.41, 5.74) is 10.6. The lowest BCUT2D eigenvalue weighted by Gasteiger charge is -2.22. The van der Waals surface area contributed by atoms with Gasteiger partial charge in [-0.3, -0.25) is 4.99 Å². The van der Waals surface area contributed by atoms with E-state index in [4.69, 9.17) is 11.5 Å². The molecule has 1 aliphatic carbocycles. The van der Waals surface area contributed by atoms with Gasteiger partial charge in [0.15, 0.2) is 5.96 Å². The molecule has 1 rings (SSSR count). The van der Waals surface area contributed by atoms with Gasteiger partial charge in [-0.1, -0.05) is 6.92 Å². The van der Waals surface area contributed by atoms with Gasteiger partial charge in [0.1, 0.15) is 0 Å². The van der Waals surface area contributed by atoms with E-state index in [1.165, 1.54) is 12.8 Å². The third kappa shape index (κ3) is 3.81. The first-order valence-electron chi connectivity index (χ1n) is 4.27. The normalized spacial score (nSPS) is 28.8. The summed E-state index contributed by atoms with van der Waals surface area (Å²) in [5.74, 6) is 1.10. The van der Waals surface area contributed by atoms with Crippen LogP contribution in [0.5, 0.6) is 0 Å². The Labute approximate surface area is 80.0 Å². The van der Waals surface area contributed by atoms with E-state index in [-0.39, 0.29) is 18.4 Å². The van der Waals surface area contributed by atoms with Gasteiger partial charge in [0, 0.05) is 0 Å². The molecular formula is C8H18ClN3. The quantitative estimate of drug-likeness (QED) is 0.484. The zero-order chi connectivity index (χ0) is 8.27. The topological polar surface area (TPSA) is 64.4 Å². The van der Waals surface area contributed by atoms with Crippen molar-refractivity contribution in [3.8, 4) is 0 Å². The monoisotopic (exact) mass is 191 g/mol. The fraction of sp³-hybridized carbons (Fsp3) is 0.875. The van der Waals surface area contributed by atoms with Gasteiger partial charge in [-0.15, -0.1) is 12.4 Å². The van der Waals surface area contributed by atoms with Gasteiger partial charge in [0.25, 0.3) is 0 Å². The molecule has 4 heteroatoms. The SMILES string of the molecule is CC1CCC(N=C(N)N)CC1.Cl. The number of aliphatic imine (C=N–C) groups is 1. The molecule has 1 fully saturated rings. The number of nitrogens with zero attached hydrogens (tertiary/aromatic N) is 1. The van der Waals surface area contributed by atoms with Gasteiger partial charge in [-0.2, -0.15) is 0 Å². The van der Waals surface area contributed by atoms with Crippen LogP contribution in [0.2, 0.25) is 0 Å². The molecule has 72 valence electrons. The molecule has 0 spiro atoms. The average Bonchev–Trinajstić information content (AvgIpc) is 1.93. The van der Waals surface area contributed by atoms with Gasteiger partial charge < -0.3 is 11.5 Å². The number of hydrogen-bond acceptors (Lipinski definition) is 1.